The maximum absolute atomic E-state index is 12.6. The van der Waals surface area contributed by atoms with Gasteiger partial charge in [-0.25, -0.2) is 0 Å². The van der Waals surface area contributed by atoms with E-state index in [1.807, 2.05) is 11.8 Å². The standard InChI is InChI=1S/C18H25NO3S/c1-3-19(10-11-23-16-8-4-13(2)5-9-16)17(20)14-6-7-15(12-14)18(21)22/h4-5,8-9,14-15H,3,6-7,10-12H2,1-2H3,(H,21,22)/t14-,15+/m0/s1. The molecule has 0 aromatic heterocycles. The van der Waals surface area contributed by atoms with Crippen molar-refractivity contribution in [2.45, 2.75) is 38.0 Å². The number of benzene rings is 1. The van der Waals surface area contributed by atoms with Crippen LogP contribution in [0.2, 0.25) is 0 Å². The highest BCUT2D eigenvalue weighted by atomic mass is 32.2. The number of rotatable bonds is 7. The quantitative estimate of drug-likeness (QED) is 0.776. The normalized spacial score (nSPS) is 20.4. The monoisotopic (exact) mass is 335 g/mol. The van der Waals surface area contributed by atoms with E-state index in [1.165, 1.54) is 10.5 Å². The van der Waals surface area contributed by atoms with Crippen LogP contribution in [-0.2, 0) is 9.59 Å². The summed E-state index contributed by atoms with van der Waals surface area (Å²) >= 11 is 1.75. The van der Waals surface area contributed by atoms with Crippen molar-refractivity contribution in [2.75, 3.05) is 18.8 Å². The first-order valence-corrected chi connectivity index (χ1v) is 9.21. The first kappa shape index (κ1) is 17.9. The molecule has 1 saturated carbocycles. The SMILES string of the molecule is CCN(CCSc1ccc(C)cc1)C(=O)[C@H]1CC[C@@H](C(=O)O)C1. The van der Waals surface area contributed by atoms with E-state index < -0.39 is 5.97 Å². The van der Waals surface area contributed by atoms with Gasteiger partial charge in [0.05, 0.1) is 5.92 Å². The Morgan fingerprint density at radius 3 is 2.43 bits per heavy atom. The van der Waals surface area contributed by atoms with Gasteiger partial charge >= 0.3 is 5.97 Å². The lowest BCUT2D eigenvalue weighted by atomic mass is 10.0. The summed E-state index contributed by atoms with van der Waals surface area (Å²) in [6, 6.07) is 8.39. The van der Waals surface area contributed by atoms with E-state index >= 15 is 0 Å². The van der Waals surface area contributed by atoms with Crippen LogP contribution in [0.5, 0.6) is 0 Å². The molecule has 0 aliphatic heterocycles. The molecule has 1 amide bonds. The molecule has 1 aliphatic rings. The average molecular weight is 335 g/mol. The van der Waals surface area contributed by atoms with Crippen molar-refractivity contribution < 1.29 is 14.7 Å². The summed E-state index contributed by atoms with van der Waals surface area (Å²) in [6.07, 6.45) is 1.83. The van der Waals surface area contributed by atoms with Gasteiger partial charge in [0, 0.05) is 29.7 Å². The van der Waals surface area contributed by atoms with Crippen LogP contribution in [0.4, 0.5) is 0 Å². The number of nitrogens with zero attached hydrogens (tertiary/aromatic N) is 1. The number of carbonyl (C=O) groups is 2. The van der Waals surface area contributed by atoms with Gasteiger partial charge in [-0.15, -0.1) is 11.8 Å². The predicted octanol–water partition coefficient (Wildman–Crippen LogP) is 3.44. The number of hydrogen-bond donors (Lipinski definition) is 1. The Hall–Kier alpha value is -1.49. The van der Waals surface area contributed by atoms with E-state index in [0.29, 0.717) is 32.4 Å². The van der Waals surface area contributed by atoms with Crippen LogP contribution >= 0.6 is 11.8 Å². The maximum Gasteiger partial charge on any atom is 0.306 e. The fourth-order valence-electron chi connectivity index (χ4n) is 3.02. The van der Waals surface area contributed by atoms with Crippen LogP contribution in [0.1, 0.15) is 31.7 Å². The third-order valence-corrected chi connectivity index (χ3v) is 5.47. The fraction of sp³-hybridized carbons (Fsp3) is 0.556. The Bertz CT molecular complexity index is 544. The van der Waals surface area contributed by atoms with E-state index in [2.05, 4.69) is 31.2 Å². The molecule has 4 nitrogen and oxygen atoms in total. The van der Waals surface area contributed by atoms with E-state index in [-0.39, 0.29) is 17.7 Å². The Kier molecular flexibility index (Phi) is 6.51. The van der Waals surface area contributed by atoms with Crippen LogP contribution in [0, 0.1) is 18.8 Å². The molecule has 0 saturated heterocycles. The van der Waals surface area contributed by atoms with Gasteiger partial charge in [-0.05, 0) is 45.2 Å². The van der Waals surface area contributed by atoms with E-state index in [1.54, 1.807) is 11.8 Å². The smallest absolute Gasteiger partial charge is 0.306 e. The van der Waals surface area contributed by atoms with Gasteiger partial charge in [0.15, 0.2) is 0 Å². The highest BCUT2D eigenvalue weighted by Gasteiger charge is 2.35. The van der Waals surface area contributed by atoms with E-state index in [9.17, 15) is 9.59 Å². The Balaban J connectivity index is 1.81. The minimum Gasteiger partial charge on any atom is -0.481 e. The fourth-order valence-corrected chi connectivity index (χ4v) is 3.90. The summed E-state index contributed by atoms with van der Waals surface area (Å²) in [7, 11) is 0. The zero-order valence-corrected chi connectivity index (χ0v) is 14.6. The number of carboxylic acid groups (broad SMARTS) is 1. The molecular formula is C18H25NO3S. The van der Waals surface area contributed by atoms with Gasteiger partial charge in [0.2, 0.25) is 5.91 Å². The van der Waals surface area contributed by atoms with Gasteiger partial charge in [-0.3, -0.25) is 9.59 Å². The summed E-state index contributed by atoms with van der Waals surface area (Å²) in [6.45, 7) is 5.44. The maximum atomic E-state index is 12.6. The number of aliphatic carboxylic acids is 1. The molecular weight excluding hydrogens is 310 g/mol. The molecule has 126 valence electrons. The molecule has 0 unspecified atom stereocenters. The molecule has 0 radical (unpaired) electrons. The number of carbonyl (C=O) groups excluding carboxylic acids is 1. The zero-order valence-electron chi connectivity index (χ0n) is 13.8. The van der Waals surface area contributed by atoms with Gasteiger partial charge in [0.1, 0.15) is 0 Å². The van der Waals surface area contributed by atoms with Crippen LogP contribution in [-0.4, -0.2) is 40.7 Å². The molecule has 1 aromatic rings. The molecule has 1 aromatic carbocycles. The molecule has 0 bridgehead atoms. The van der Waals surface area contributed by atoms with Crippen molar-refractivity contribution in [2.24, 2.45) is 11.8 Å². The molecule has 0 spiro atoms. The third-order valence-electron chi connectivity index (χ3n) is 4.48. The average Bonchev–Trinajstić information content (AvgIpc) is 3.03. The minimum atomic E-state index is -0.765. The van der Waals surface area contributed by atoms with Crippen molar-refractivity contribution in [3.8, 4) is 0 Å². The highest BCUT2D eigenvalue weighted by molar-refractivity contribution is 7.99. The van der Waals surface area contributed by atoms with Crippen molar-refractivity contribution in [3.05, 3.63) is 29.8 Å². The van der Waals surface area contributed by atoms with Crippen molar-refractivity contribution >= 4 is 23.6 Å². The molecule has 2 atom stereocenters. The molecule has 1 aliphatic carbocycles. The molecule has 1 N–H and O–H groups in total. The second-order valence-electron chi connectivity index (χ2n) is 6.12. The second kappa shape index (κ2) is 8.39. The predicted molar refractivity (Wildman–Crippen MR) is 92.6 cm³/mol. The van der Waals surface area contributed by atoms with Gasteiger partial charge in [-0.1, -0.05) is 17.7 Å². The summed E-state index contributed by atoms with van der Waals surface area (Å²) in [5, 5.41) is 9.07. The number of hydrogen-bond acceptors (Lipinski definition) is 3. The molecule has 0 heterocycles. The molecule has 2 rings (SSSR count). The van der Waals surface area contributed by atoms with Crippen molar-refractivity contribution in [1.82, 2.24) is 4.90 Å². The summed E-state index contributed by atoms with van der Waals surface area (Å²) in [5.41, 5.74) is 1.24. The number of thioether (sulfide) groups is 1. The van der Waals surface area contributed by atoms with Crippen molar-refractivity contribution in [1.29, 1.82) is 0 Å². The van der Waals surface area contributed by atoms with E-state index in [4.69, 9.17) is 5.11 Å². The minimum absolute atomic E-state index is 0.111. The first-order chi connectivity index (χ1) is 11.0. The third kappa shape index (κ3) is 4.99. The molecule has 1 fully saturated rings. The highest BCUT2D eigenvalue weighted by Crippen LogP contribution is 2.32. The number of carboxylic acids is 1. The van der Waals surface area contributed by atoms with Gasteiger partial charge < -0.3 is 10.0 Å². The van der Waals surface area contributed by atoms with Crippen molar-refractivity contribution in [3.63, 3.8) is 0 Å². The van der Waals surface area contributed by atoms with Gasteiger partial charge in [-0.2, -0.15) is 0 Å². The van der Waals surface area contributed by atoms with Crippen LogP contribution in [0.15, 0.2) is 29.2 Å². The van der Waals surface area contributed by atoms with Crippen LogP contribution < -0.4 is 0 Å². The largest absolute Gasteiger partial charge is 0.481 e. The molecule has 5 heteroatoms. The lowest BCUT2D eigenvalue weighted by Gasteiger charge is -2.24. The lowest BCUT2D eigenvalue weighted by Crippen LogP contribution is -2.37. The molecule has 23 heavy (non-hydrogen) atoms. The first-order valence-electron chi connectivity index (χ1n) is 8.22. The zero-order chi connectivity index (χ0) is 16.8. The summed E-state index contributed by atoms with van der Waals surface area (Å²) in [5.74, 6) is -0.235. The van der Waals surface area contributed by atoms with Crippen LogP contribution in [0.25, 0.3) is 0 Å². The van der Waals surface area contributed by atoms with Gasteiger partial charge in [0.25, 0.3) is 0 Å². The Labute approximate surface area is 142 Å². The van der Waals surface area contributed by atoms with E-state index in [0.717, 1.165) is 5.75 Å². The summed E-state index contributed by atoms with van der Waals surface area (Å²) < 4.78 is 0. The summed E-state index contributed by atoms with van der Waals surface area (Å²) in [4.78, 5) is 26.7. The number of aryl methyl sites for hydroxylation is 1. The lowest BCUT2D eigenvalue weighted by molar-refractivity contribution is -0.141. The Morgan fingerprint density at radius 2 is 1.87 bits per heavy atom. The van der Waals surface area contributed by atoms with Crippen LogP contribution in [0.3, 0.4) is 0 Å². The topological polar surface area (TPSA) is 57.6 Å². The number of amides is 1. The second-order valence-corrected chi connectivity index (χ2v) is 7.29. The Morgan fingerprint density at radius 1 is 1.22 bits per heavy atom.